The molecule has 2 rings (SSSR count). The number of anilines is 1. The fraction of sp³-hybridized carbons (Fsp3) is 0.333. The molecule has 0 aliphatic rings. The average Bonchev–Trinajstić information content (AvgIpc) is 2.66. The van der Waals surface area contributed by atoms with E-state index in [1.54, 1.807) is 17.7 Å². The summed E-state index contributed by atoms with van der Waals surface area (Å²) >= 11 is 1.64. The smallest absolute Gasteiger partial charge is 0.147 e. The number of hydrogen-bond acceptors (Lipinski definition) is 5. The Bertz CT molecular complexity index is 425. The summed E-state index contributed by atoms with van der Waals surface area (Å²) in [4.78, 5) is 8.36. The van der Waals surface area contributed by atoms with E-state index in [0.29, 0.717) is 6.54 Å². The van der Waals surface area contributed by atoms with E-state index in [9.17, 15) is 0 Å². The first-order valence-corrected chi connectivity index (χ1v) is 5.34. The lowest BCUT2D eigenvalue weighted by Crippen LogP contribution is -2.25. The summed E-state index contributed by atoms with van der Waals surface area (Å²) in [6, 6.07) is 2.22. The maximum absolute atomic E-state index is 5.54. The van der Waals surface area contributed by atoms with Gasteiger partial charge < -0.3 is 11.1 Å². The van der Waals surface area contributed by atoms with Crippen molar-refractivity contribution >= 4 is 27.4 Å². The molecule has 0 radical (unpaired) electrons. The van der Waals surface area contributed by atoms with Gasteiger partial charge in [-0.3, -0.25) is 0 Å². The highest BCUT2D eigenvalue weighted by Crippen LogP contribution is 2.24. The minimum atomic E-state index is 0.232. The van der Waals surface area contributed by atoms with Gasteiger partial charge in [0.1, 0.15) is 12.1 Å². The third-order valence-electron chi connectivity index (χ3n) is 1.98. The molecule has 2 heterocycles. The fourth-order valence-electron chi connectivity index (χ4n) is 1.18. The first kappa shape index (κ1) is 9.36. The quantitative estimate of drug-likeness (QED) is 0.801. The van der Waals surface area contributed by atoms with Crippen LogP contribution in [0, 0.1) is 0 Å². The van der Waals surface area contributed by atoms with Crippen LogP contribution in [0.5, 0.6) is 0 Å². The molecule has 0 spiro atoms. The van der Waals surface area contributed by atoms with Gasteiger partial charge in [-0.1, -0.05) is 0 Å². The van der Waals surface area contributed by atoms with Crippen LogP contribution < -0.4 is 11.1 Å². The number of hydrogen-bond donors (Lipinski definition) is 2. The molecular formula is C9H12N4S. The van der Waals surface area contributed by atoms with Crippen LogP contribution in [0.1, 0.15) is 6.92 Å². The van der Waals surface area contributed by atoms with Crippen LogP contribution >= 0.6 is 11.3 Å². The second kappa shape index (κ2) is 3.89. The number of thiophene rings is 1. The monoisotopic (exact) mass is 208 g/mol. The van der Waals surface area contributed by atoms with Crippen LogP contribution in [0.2, 0.25) is 0 Å². The third-order valence-corrected chi connectivity index (χ3v) is 2.89. The van der Waals surface area contributed by atoms with Gasteiger partial charge in [0.2, 0.25) is 0 Å². The fourth-order valence-corrected chi connectivity index (χ4v) is 1.98. The van der Waals surface area contributed by atoms with E-state index < -0.39 is 0 Å². The number of nitrogens with two attached hydrogens (primary N) is 1. The summed E-state index contributed by atoms with van der Waals surface area (Å²) in [5, 5.41) is 5.27. The molecule has 3 N–H and O–H groups in total. The van der Waals surface area contributed by atoms with E-state index in [-0.39, 0.29) is 6.04 Å². The summed E-state index contributed by atoms with van der Waals surface area (Å²) in [6.07, 6.45) is 1.57. The Morgan fingerprint density at radius 1 is 1.57 bits per heavy atom. The number of nitrogens with one attached hydrogen (secondary N) is 1. The maximum Gasteiger partial charge on any atom is 0.147 e. The molecule has 14 heavy (non-hydrogen) atoms. The molecule has 0 saturated heterocycles. The molecule has 4 nitrogen and oxygen atoms in total. The number of aromatic nitrogens is 2. The predicted molar refractivity (Wildman–Crippen MR) is 59.6 cm³/mol. The van der Waals surface area contributed by atoms with E-state index in [2.05, 4.69) is 15.3 Å². The largest absolute Gasteiger partial charge is 0.365 e. The molecule has 74 valence electrons. The molecule has 0 amide bonds. The average molecular weight is 208 g/mol. The van der Waals surface area contributed by atoms with Crippen LogP contribution in [-0.2, 0) is 0 Å². The summed E-state index contributed by atoms with van der Waals surface area (Å²) in [7, 11) is 0. The van der Waals surface area contributed by atoms with Crippen molar-refractivity contribution in [3.8, 4) is 0 Å². The minimum Gasteiger partial charge on any atom is -0.365 e. The molecule has 0 aromatic carbocycles. The van der Waals surface area contributed by atoms with Crippen molar-refractivity contribution in [3.05, 3.63) is 17.8 Å². The Morgan fingerprint density at radius 2 is 2.43 bits per heavy atom. The lowest BCUT2D eigenvalue weighted by molar-refractivity contribution is 0.799. The summed E-state index contributed by atoms with van der Waals surface area (Å²) < 4.78 is 1.09. The minimum absolute atomic E-state index is 0.232. The van der Waals surface area contributed by atoms with Gasteiger partial charge in [0.25, 0.3) is 0 Å². The molecular weight excluding hydrogens is 196 g/mol. The van der Waals surface area contributed by atoms with Gasteiger partial charge in [-0.15, -0.1) is 11.3 Å². The zero-order chi connectivity index (χ0) is 9.97. The molecule has 0 aliphatic heterocycles. The van der Waals surface area contributed by atoms with Gasteiger partial charge in [0.05, 0.1) is 10.2 Å². The zero-order valence-electron chi connectivity index (χ0n) is 7.90. The third kappa shape index (κ3) is 1.69. The molecule has 0 bridgehead atoms. The van der Waals surface area contributed by atoms with Crippen molar-refractivity contribution in [1.82, 2.24) is 9.97 Å². The zero-order valence-corrected chi connectivity index (χ0v) is 8.71. The van der Waals surface area contributed by atoms with E-state index in [1.165, 1.54) is 0 Å². The molecule has 0 aliphatic carbocycles. The lowest BCUT2D eigenvalue weighted by Gasteiger charge is -2.11. The van der Waals surface area contributed by atoms with Crippen LogP contribution in [0.3, 0.4) is 0 Å². The van der Waals surface area contributed by atoms with E-state index >= 15 is 0 Å². The molecule has 2 aromatic heterocycles. The van der Waals surface area contributed by atoms with Gasteiger partial charge in [0, 0.05) is 12.6 Å². The van der Waals surface area contributed by atoms with Crippen molar-refractivity contribution in [2.75, 3.05) is 11.9 Å². The molecule has 0 fully saturated rings. The van der Waals surface area contributed by atoms with Crippen molar-refractivity contribution in [2.24, 2.45) is 5.73 Å². The second-order valence-corrected chi connectivity index (χ2v) is 4.05. The van der Waals surface area contributed by atoms with E-state index in [0.717, 1.165) is 16.0 Å². The van der Waals surface area contributed by atoms with Gasteiger partial charge in [-0.05, 0) is 18.4 Å². The first-order chi connectivity index (χ1) is 6.81. The van der Waals surface area contributed by atoms with Crippen molar-refractivity contribution < 1.29 is 0 Å². The molecule has 1 atom stereocenters. The molecule has 5 heteroatoms. The Morgan fingerprint density at radius 3 is 3.21 bits per heavy atom. The van der Waals surface area contributed by atoms with Crippen molar-refractivity contribution in [3.63, 3.8) is 0 Å². The Hall–Kier alpha value is -1.20. The SMILES string of the molecule is CC(CN)Nc1ncnc2ccsc12. The number of nitrogens with zero attached hydrogens (tertiary/aromatic N) is 2. The maximum atomic E-state index is 5.54. The first-order valence-electron chi connectivity index (χ1n) is 4.46. The summed E-state index contributed by atoms with van der Waals surface area (Å²) in [5.41, 5.74) is 6.52. The number of fused-ring (bicyclic) bond motifs is 1. The van der Waals surface area contributed by atoms with Gasteiger partial charge in [0.15, 0.2) is 0 Å². The topological polar surface area (TPSA) is 63.8 Å². The summed E-state index contributed by atoms with van der Waals surface area (Å²) in [5.74, 6) is 0.878. The van der Waals surface area contributed by atoms with Crippen molar-refractivity contribution in [2.45, 2.75) is 13.0 Å². The van der Waals surface area contributed by atoms with Crippen LogP contribution in [0.15, 0.2) is 17.8 Å². The highest BCUT2D eigenvalue weighted by molar-refractivity contribution is 7.17. The van der Waals surface area contributed by atoms with E-state index in [4.69, 9.17) is 5.73 Å². The molecule has 2 aromatic rings. The standard InChI is InChI=1S/C9H12N4S/c1-6(4-10)13-9-8-7(2-3-14-8)11-5-12-9/h2-3,5-6H,4,10H2,1H3,(H,11,12,13). The lowest BCUT2D eigenvalue weighted by atomic mass is 10.3. The van der Waals surface area contributed by atoms with Crippen molar-refractivity contribution in [1.29, 1.82) is 0 Å². The van der Waals surface area contributed by atoms with Gasteiger partial charge in [-0.2, -0.15) is 0 Å². The highest BCUT2D eigenvalue weighted by Gasteiger charge is 2.06. The van der Waals surface area contributed by atoms with Crippen LogP contribution in [0.4, 0.5) is 5.82 Å². The van der Waals surface area contributed by atoms with Gasteiger partial charge in [-0.25, -0.2) is 9.97 Å². The van der Waals surface area contributed by atoms with Crippen LogP contribution in [0.25, 0.3) is 10.2 Å². The van der Waals surface area contributed by atoms with Gasteiger partial charge >= 0.3 is 0 Å². The Labute approximate surface area is 86.2 Å². The number of rotatable bonds is 3. The molecule has 0 saturated carbocycles. The summed E-state index contributed by atoms with van der Waals surface area (Å²) in [6.45, 7) is 2.62. The Kier molecular flexibility index (Phi) is 2.60. The normalized spacial score (nSPS) is 13.0. The van der Waals surface area contributed by atoms with Crippen LogP contribution in [-0.4, -0.2) is 22.6 Å². The highest BCUT2D eigenvalue weighted by atomic mass is 32.1. The second-order valence-electron chi connectivity index (χ2n) is 3.14. The molecule has 1 unspecified atom stereocenters. The van der Waals surface area contributed by atoms with E-state index in [1.807, 2.05) is 18.4 Å². The Balaban J connectivity index is 2.36. The predicted octanol–water partition coefficient (Wildman–Crippen LogP) is 1.45.